The van der Waals surface area contributed by atoms with Crippen LogP contribution in [0.15, 0.2) is 48.0 Å². The van der Waals surface area contributed by atoms with Crippen LogP contribution in [0.4, 0.5) is 10.3 Å². The van der Waals surface area contributed by atoms with Crippen molar-refractivity contribution in [3.05, 3.63) is 65.6 Å². The lowest BCUT2D eigenvalue weighted by atomic mass is 10.0. The van der Waals surface area contributed by atoms with Gasteiger partial charge in [0.25, 0.3) is 0 Å². The number of nitrogens with zero attached hydrogens (tertiary/aromatic N) is 6. The highest BCUT2D eigenvalue weighted by atomic mass is 32.2. The van der Waals surface area contributed by atoms with Crippen LogP contribution in [-0.2, 0) is 22.8 Å². The van der Waals surface area contributed by atoms with Crippen molar-refractivity contribution >= 4 is 27.1 Å². The Kier molecular flexibility index (Phi) is 4.74. The van der Waals surface area contributed by atoms with Gasteiger partial charge in [0.1, 0.15) is 23.5 Å². The molecule has 0 saturated carbocycles. The van der Waals surface area contributed by atoms with Gasteiger partial charge in [-0.15, -0.1) is 10.2 Å². The number of aryl methyl sites for hydroxylation is 1. The van der Waals surface area contributed by atoms with Gasteiger partial charge in [0.05, 0.1) is 12.8 Å². The maximum atomic E-state index is 14.6. The lowest BCUT2D eigenvalue weighted by Gasteiger charge is -2.13. The van der Waals surface area contributed by atoms with Gasteiger partial charge in [0.15, 0.2) is 20.5 Å². The van der Waals surface area contributed by atoms with E-state index in [9.17, 15) is 12.8 Å². The molecule has 0 atom stereocenters. The van der Waals surface area contributed by atoms with Crippen molar-refractivity contribution in [3.63, 3.8) is 0 Å². The van der Waals surface area contributed by atoms with Crippen LogP contribution in [0.25, 0.3) is 22.4 Å². The molecule has 0 spiro atoms. The highest BCUT2D eigenvalue weighted by Gasteiger charge is 2.22. The third kappa shape index (κ3) is 3.40. The van der Waals surface area contributed by atoms with Crippen LogP contribution in [0.5, 0.6) is 5.75 Å². The minimum Gasteiger partial charge on any atom is -0.493 e. The molecule has 10 nitrogen and oxygen atoms in total. The average molecular weight is 494 g/mol. The quantitative estimate of drug-likeness (QED) is 0.397. The summed E-state index contributed by atoms with van der Waals surface area (Å²) in [6, 6.07) is 6.73. The predicted molar refractivity (Wildman–Crippen MR) is 126 cm³/mol. The van der Waals surface area contributed by atoms with E-state index in [0.717, 1.165) is 17.5 Å². The number of halogens is 1. The van der Waals surface area contributed by atoms with Gasteiger partial charge in [-0.25, -0.2) is 22.8 Å². The topological polar surface area (TPSA) is 116 Å². The second kappa shape index (κ2) is 7.73. The van der Waals surface area contributed by atoms with Crippen molar-refractivity contribution in [1.29, 1.82) is 0 Å². The van der Waals surface area contributed by atoms with Crippen LogP contribution in [0, 0.1) is 12.7 Å². The standard InChI is InChI=1S/C23H20FN7O3S/c1-13-3-4-15(21-25-11-20(31(13)21)35(2,32)33)17-10-27-23(30-12-28-29-22(17)30)26-9-16-14-7-8-34-19(14)6-5-18(16)24/h3-6,10-12H,7-9H2,1-2H3,(H,26,27). The van der Waals surface area contributed by atoms with E-state index in [2.05, 4.69) is 25.5 Å². The summed E-state index contributed by atoms with van der Waals surface area (Å²) in [5.74, 6) is 0.840. The second-order valence-corrected chi connectivity index (χ2v) is 10.4. The van der Waals surface area contributed by atoms with Gasteiger partial charge in [-0.05, 0) is 31.2 Å². The van der Waals surface area contributed by atoms with Crippen molar-refractivity contribution in [2.75, 3.05) is 18.2 Å². The van der Waals surface area contributed by atoms with E-state index in [1.54, 1.807) is 21.1 Å². The number of sulfone groups is 1. The summed E-state index contributed by atoms with van der Waals surface area (Å²) in [4.78, 5) is 8.93. The summed E-state index contributed by atoms with van der Waals surface area (Å²) in [6.45, 7) is 2.56. The molecule has 0 amide bonds. The van der Waals surface area contributed by atoms with Crippen LogP contribution in [0.1, 0.15) is 16.8 Å². The Balaban J connectivity index is 1.42. The summed E-state index contributed by atoms with van der Waals surface area (Å²) in [7, 11) is -3.49. The van der Waals surface area contributed by atoms with Gasteiger partial charge in [0, 0.05) is 53.4 Å². The fourth-order valence-corrected chi connectivity index (χ4v) is 5.31. The SMILES string of the molecule is Cc1ccc(-c2cnc(NCc3c(F)ccc4c3CCO4)n3cnnc23)c2ncc(S(C)(=O)=O)n12. The molecule has 6 rings (SSSR count). The molecule has 1 N–H and O–H groups in total. The molecular formula is C23H20FN7O3S. The van der Waals surface area contributed by atoms with Gasteiger partial charge in [-0.1, -0.05) is 0 Å². The smallest absolute Gasteiger partial charge is 0.210 e. The molecule has 1 aromatic carbocycles. The van der Waals surface area contributed by atoms with Crippen LogP contribution in [0.3, 0.4) is 0 Å². The first-order valence-corrected chi connectivity index (χ1v) is 12.7. The molecule has 5 aromatic rings. The Bertz CT molecular complexity index is 1740. The number of anilines is 1. The lowest BCUT2D eigenvalue weighted by Crippen LogP contribution is -2.10. The summed E-state index contributed by atoms with van der Waals surface area (Å²) >= 11 is 0. The third-order valence-corrected chi connectivity index (χ3v) is 7.23. The van der Waals surface area contributed by atoms with Crippen LogP contribution < -0.4 is 10.1 Å². The molecule has 1 aliphatic heterocycles. The number of imidazole rings is 1. The second-order valence-electron chi connectivity index (χ2n) is 8.39. The Labute approximate surface area is 199 Å². The highest BCUT2D eigenvalue weighted by molar-refractivity contribution is 7.90. The summed E-state index contributed by atoms with van der Waals surface area (Å²) in [5, 5.41) is 11.6. The minimum absolute atomic E-state index is 0.108. The molecule has 5 heterocycles. The van der Waals surface area contributed by atoms with Gasteiger partial charge < -0.3 is 10.1 Å². The highest BCUT2D eigenvalue weighted by Crippen LogP contribution is 2.32. The monoisotopic (exact) mass is 493 g/mol. The third-order valence-electron chi connectivity index (χ3n) is 6.18. The maximum absolute atomic E-state index is 14.6. The number of benzene rings is 1. The number of pyridine rings is 1. The molecule has 178 valence electrons. The zero-order valence-corrected chi connectivity index (χ0v) is 19.7. The van der Waals surface area contributed by atoms with E-state index in [1.165, 1.54) is 18.6 Å². The van der Waals surface area contributed by atoms with Gasteiger partial charge in [0.2, 0.25) is 5.95 Å². The number of hydrogen-bond donors (Lipinski definition) is 1. The minimum atomic E-state index is -3.49. The van der Waals surface area contributed by atoms with E-state index in [1.807, 2.05) is 19.1 Å². The fourth-order valence-electron chi connectivity index (χ4n) is 4.51. The molecule has 0 aliphatic carbocycles. The first-order chi connectivity index (χ1) is 16.8. The van der Waals surface area contributed by atoms with E-state index in [4.69, 9.17) is 4.74 Å². The van der Waals surface area contributed by atoms with E-state index in [-0.39, 0.29) is 17.4 Å². The molecule has 1 aliphatic rings. The van der Waals surface area contributed by atoms with E-state index in [0.29, 0.717) is 52.7 Å². The van der Waals surface area contributed by atoms with Crippen LogP contribution >= 0.6 is 0 Å². The summed E-state index contributed by atoms with van der Waals surface area (Å²) in [6.07, 6.45) is 6.30. The number of ether oxygens (including phenoxy) is 1. The van der Waals surface area contributed by atoms with Crippen LogP contribution in [0.2, 0.25) is 0 Å². The summed E-state index contributed by atoms with van der Waals surface area (Å²) < 4.78 is 47.9. The number of hydrogen-bond acceptors (Lipinski definition) is 8. The Morgan fingerprint density at radius 1 is 1.11 bits per heavy atom. The number of aromatic nitrogens is 6. The molecule has 0 bridgehead atoms. The molecule has 4 aromatic heterocycles. The number of fused-ring (bicyclic) bond motifs is 3. The van der Waals surface area contributed by atoms with E-state index < -0.39 is 9.84 Å². The Morgan fingerprint density at radius 2 is 1.97 bits per heavy atom. The zero-order chi connectivity index (χ0) is 24.3. The normalized spacial score (nSPS) is 13.3. The predicted octanol–water partition coefficient (Wildman–Crippen LogP) is 2.84. The van der Waals surface area contributed by atoms with E-state index >= 15 is 0 Å². The van der Waals surface area contributed by atoms with Gasteiger partial charge >= 0.3 is 0 Å². The van der Waals surface area contributed by atoms with Crippen molar-refractivity contribution in [1.82, 2.24) is 29.0 Å². The molecule has 0 unspecified atom stereocenters. The lowest BCUT2D eigenvalue weighted by molar-refractivity contribution is 0.356. The molecule has 35 heavy (non-hydrogen) atoms. The Hall–Kier alpha value is -4.06. The first kappa shape index (κ1) is 21.5. The van der Waals surface area contributed by atoms with Gasteiger partial charge in [-0.3, -0.25) is 8.80 Å². The van der Waals surface area contributed by atoms with Crippen molar-refractivity contribution in [2.24, 2.45) is 0 Å². The first-order valence-electron chi connectivity index (χ1n) is 10.9. The molecule has 0 radical (unpaired) electrons. The molecular weight excluding hydrogens is 473 g/mol. The summed E-state index contributed by atoms with van der Waals surface area (Å²) in [5.41, 5.74) is 4.39. The molecule has 0 saturated heterocycles. The van der Waals surface area contributed by atoms with Crippen LogP contribution in [-0.4, -0.2) is 50.2 Å². The Morgan fingerprint density at radius 3 is 2.80 bits per heavy atom. The molecule has 0 fully saturated rings. The van der Waals surface area contributed by atoms with Crippen molar-refractivity contribution in [2.45, 2.75) is 24.9 Å². The van der Waals surface area contributed by atoms with Crippen molar-refractivity contribution < 1.29 is 17.5 Å². The maximum Gasteiger partial charge on any atom is 0.210 e. The largest absolute Gasteiger partial charge is 0.493 e. The number of rotatable bonds is 5. The average Bonchev–Trinajstić information content (AvgIpc) is 3.57. The van der Waals surface area contributed by atoms with Gasteiger partial charge in [-0.2, -0.15) is 0 Å². The van der Waals surface area contributed by atoms with Crippen molar-refractivity contribution in [3.8, 4) is 16.9 Å². The number of nitrogens with one attached hydrogen (secondary N) is 1. The zero-order valence-electron chi connectivity index (χ0n) is 18.9. The fraction of sp³-hybridized carbons (Fsp3) is 0.217. The molecule has 12 heteroatoms.